The molecule has 5 rings (SSSR count). The second-order valence-corrected chi connectivity index (χ2v) is 9.06. The summed E-state index contributed by atoms with van der Waals surface area (Å²) >= 11 is 0. The number of aromatic nitrogens is 2. The number of nitrogens with two attached hydrogens (primary N) is 1. The quantitative estimate of drug-likeness (QED) is 0.622. The Morgan fingerprint density at radius 1 is 0.971 bits per heavy atom. The smallest absolute Gasteiger partial charge is 0.228 e. The summed E-state index contributed by atoms with van der Waals surface area (Å²) in [5, 5.41) is 0.726. The van der Waals surface area contributed by atoms with E-state index in [1.807, 2.05) is 17.0 Å². The summed E-state index contributed by atoms with van der Waals surface area (Å²) in [6.45, 7) is 2.69. The predicted octanol–water partition coefficient (Wildman–Crippen LogP) is 3.46. The number of piperazine rings is 1. The maximum Gasteiger partial charge on any atom is 0.228 e. The van der Waals surface area contributed by atoms with Gasteiger partial charge in [0.05, 0.1) is 19.7 Å². The van der Waals surface area contributed by atoms with Gasteiger partial charge in [0.2, 0.25) is 11.9 Å². The molecule has 0 bridgehead atoms. The molecule has 1 saturated heterocycles. The number of methoxy groups -OCH3 is 2. The SMILES string of the molecule is COc1cc2nc(N3CCN(C(=O)[C@@H]4CC[C@@H](c5ccccc5)C4)CC3)nc(N)c2cc1OC. The molecular formula is C26H31N5O3. The van der Waals surface area contributed by atoms with E-state index in [-0.39, 0.29) is 11.8 Å². The highest BCUT2D eigenvalue weighted by atomic mass is 16.5. The Hall–Kier alpha value is -3.55. The zero-order chi connectivity index (χ0) is 23.7. The number of hydrogen-bond acceptors (Lipinski definition) is 7. The molecule has 0 unspecified atom stereocenters. The molecule has 1 aromatic heterocycles. The number of rotatable bonds is 5. The first kappa shape index (κ1) is 22.3. The van der Waals surface area contributed by atoms with Crippen LogP contribution in [0.15, 0.2) is 42.5 Å². The Balaban J connectivity index is 1.25. The van der Waals surface area contributed by atoms with E-state index in [0.29, 0.717) is 60.9 Å². The molecule has 8 heteroatoms. The van der Waals surface area contributed by atoms with Crippen LogP contribution in [-0.4, -0.2) is 61.2 Å². The maximum atomic E-state index is 13.2. The van der Waals surface area contributed by atoms with Gasteiger partial charge in [0.25, 0.3) is 0 Å². The number of hydrogen-bond donors (Lipinski definition) is 1. The van der Waals surface area contributed by atoms with Gasteiger partial charge >= 0.3 is 0 Å². The minimum atomic E-state index is 0.117. The number of benzene rings is 2. The van der Waals surface area contributed by atoms with Crippen LogP contribution in [0.3, 0.4) is 0 Å². The lowest BCUT2D eigenvalue weighted by atomic mass is 9.96. The molecule has 1 amide bonds. The average Bonchev–Trinajstić information content (AvgIpc) is 3.38. The summed E-state index contributed by atoms with van der Waals surface area (Å²) in [4.78, 5) is 26.6. The maximum absolute atomic E-state index is 13.2. The summed E-state index contributed by atoms with van der Waals surface area (Å²) in [5.74, 6) is 3.06. The van der Waals surface area contributed by atoms with Crippen molar-refractivity contribution in [3.63, 3.8) is 0 Å². The highest BCUT2D eigenvalue weighted by Gasteiger charge is 2.34. The standard InChI is InChI=1S/C26H31N5O3/c1-33-22-15-20-21(16-23(22)34-2)28-26(29-24(20)27)31-12-10-30(11-13-31)25(32)19-9-8-18(14-19)17-6-4-3-5-7-17/h3-7,15-16,18-19H,8-14H2,1-2H3,(H2,27,28,29)/t18-,19-/m1/s1. The molecule has 1 saturated carbocycles. The number of nitrogens with zero attached hydrogens (tertiary/aromatic N) is 4. The summed E-state index contributed by atoms with van der Waals surface area (Å²) in [7, 11) is 3.18. The first-order chi connectivity index (χ1) is 16.6. The van der Waals surface area contributed by atoms with E-state index in [9.17, 15) is 4.79 Å². The number of carbonyl (C=O) groups is 1. The van der Waals surface area contributed by atoms with E-state index in [0.717, 1.165) is 24.6 Å². The van der Waals surface area contributed by atoms with Crippen molar-refractivity contribution in [2.45, 2.75) is 25.2 Å². The minimum Gasteiger partial charge on any atom is -0.493 e. The van der Waals surface area contributed by atoms with E-state index in [1.54, 1.807) is 20.3 Å². The van der Waals surface area contributed by atoms with E-state index >= 15 is 0 Å². The molecule has 178 valence electrons. The van der Waals surface area contributed by atoms with Crippen molar-refractivity contribution in [1.29, 1.82) is 0 Å². The van der Waals surface area contributed by atoms with Gasteiger partial charge in [-0.05, 0) is 36.8 Å². The van der Waals surface area contributed by atoms with Crippen molar-refractivity contribution in [2.75, 3.05) is 51.0 Å². The van der Waals surface area contributed by atoms with Crippen LogP contribution in [0, 0.1) is 5.92 Å². The van der Waals surface area contributed by atoms with Crippen LogP contribution in [0.1, 0.15) is 30.7 Å². The molecular weight excluding hydrogens is 430 g/mol. The van der Waals surface area contributed by atoms with Crippen LogP contribution in [0.5, 0.6) is 11.5 Å². The van der Waals surface area contributed by atoms with Crippen LogP contribution in [0.25, 0.3) is 10.9 Å². The summed E-state index contributed by atoms with van der Waals surface area (Å²) in [5.41, 5.74) is 8.31. The van der Waals surface area contributed by atoms with Gasteiger partial charge in [-0.3, -0.25) is 4.79 Å². The second-order valence-electron chi connectivity index (χ2n) is 9.06. The van der Waals surface area contributed by atoms with E-state index in [2.05, 4.69) is 34.1 Å². The molecule has 1 aliphatic heterocycles. The van der Waals surface area contributed by atoms with E-state index in [1.165, 1.54) is 5.56 Å². The summed E-state index contributed by atoms with van der Waals surface area (Å²) in [6, 6.07) is 14.2. The number of carbonyl (C=O) groups excluding carboxylic acids is 1. The van der Waals surface area contributed by atoms with Crippen LogP contribution < -0.4 is 20.1 Å². The molecule has 34 heavy (non-hydrogen) atoms. The fourth-order valence-electron chi connectivity index (χ4n) is 5.23. The Kier molecular flexibility index (Phi) is 6.13. The Morgan fingerprint density at radius 3 is 2.38 bits per heavy atom. The van der Waals surface area contributed by atoms with Crippen molar-refractivity contribution >= 4 is 28.6 Å². The minimum absolute atomic E-state index is 0.117. The number of ether oxygens (including phenoxy) is 2. The first-order valence-corrected chi connectivity index (χ1v) is 11.8. The molecule has 3 aromatic rings. The summed E-state index contributed by atoms with van der Waals surface area (Å²) in [6.07, 6.45) is 2.99. The van der Waals surface area contributed by atoms with Crippen LogP contribution >= 0.6 is 0 Å². The van der Waals surface area contributed by atoms with Crippen molar-refractivity contribution in [2.24, 2.45) is 5.92 Å². The largest absolute Gasteiger partial charge is 0.493 e. The van der Waals surface area contributed by atoms with Gasteiger partial charge in [-0.15, -0.1) is 0 Å². The summed E-state index contributed by atoms with van der Waals surface area (Å²) < 4.78 is 10.8. The Morgan fingerprint density at radius 2 is 1.68 bits per heavy atom. The second kappa shape index (κ2) is 9.37. The van der Waals surface area contributed by atoms with Gasteiger partial charge in [-0.1, -0.05) is 30.3 Å². The highest BCUT2D eigenvalue weighted by molar-refractivity contribution is 5.91. The molecule has 8 nitrogen and oxygen atoms in total. The van der Waals surface area contributed by atoms with Crippen molar-refractivity contribution in [3.05, 3.63) is 48.0 Å². The molecule has 2 heterocycles. The zero-order valence-corrected chi connectivity index (χ0v) is 19.7. The van der Waals surface area contributed by atoms with Gasteiger partial charge in [0.15, 0.2) is 11.5 Å². The Bertz CT molecular complexity index is 1180. The Labute approximate surface area is 199 Å². The normalized spacial score (nSPS) is 20.5. The molecule has 0 spiro atoms. The van der Waals surface area contributed by atoms with Crippen LogP contribution in [-0.2, 0) is 4.79 Å². The molecule has 1 aliphatic carbocycles. The predicted molar refractivity (Wildman–Crippen MR) is 132 cm³/mol. The fraction of sp³-hybridized carbons (Fsp3) is 0.423. The zero-order valence-electron chi connectivity index (χ0n) is 19.7. The monoisotopic (exact) mass is 461 g/mol. The van der Waals surface area contributed by atoms with Crippen molar-refractivity contribution in [1.82, 2.24) is 14.9 Å². The third kappa shape index (κ3) is 4.20. The topological polar surface area (TPSA) is 93.8 Å². The van der Waals surface area contributed by atoms with Gasteiger partial charge in [-0.25, -0.2) is 4.98 Å². The number of fused-ring (bicyclic) bond motifs is 1. The highest BCUT2D eigenvalue weighted by Crippen LogP contribution is 2.39. The molecule has 2 aromatic carbocycles. The van der Waals surface area contributed by atoms with Crippen LogP contribution in [0.2, 0.25) is 0 Å². The molecule has 2 fully saturated rings. The van der Waals surface area contributed by atoms with Gasteiger partial charge in [0.1, 0.15) is 5.82 Å². The number of amides is 1. The molecule has 2 atom stereocenters. The molecule has 2 N–H and O–H groups in total. The molecule has 2 aliphatic rings. The van der Waals surface area contributed by atoms with Gasteiger partial charge in [-0.2, -0.15) is 4.98 Å². The van der Waals surface area contributed by atoms with Crippen molar-refractivity contribution in [3.8, 4) is 11.5 Å². The van der Waals surface area contributed by atoms with Gasteiger partial charge in [0, 0.05) is 43.5 Å². The fourth-order valence-corrected chi connectivity index (χ4v) is 5.23. The molecule has 0 radical (unpaired) electrons. The third-order valence-corrected chi connectivity index (χ3v) is 7.15. The van der Waals surface area contributed by atoms with E-state index < -0.39 is 0 Å². The lowest BCUT2D eigenvalue weighted by Crippen LogP contribution is -2.50. The van der Waals surface area contributed by atoms with Crippen molar-refractivity contribution < 1.29 is 14.3 Å². The lowest BCUT2D eigenvalue weighted by Gasteiger charge is -2.36. The third-order valence-electron chi connectivity index (χ3n) is 7.15. The first-order valence-electron chi connectivity index (χ1n) is 11.8. The number of nitrogen functional groups attached to an aromatic ring is 1. The number of anilines is 2. The lowest BCUT2D eigenvalue weighted by molar-refractivity contribution is -0.135. The average molecular weight is 462 g/mol. The van der Waals surface area contributed by atoms with E-state index in [4.69, 9.17) is 20.2 Å². The van der Waals surface area contributed by atoms with Crippen LogP contribution in [0.4, 0.5) is 11.8 Å². The van der Waals surface area contributed by atoms with Gasteiger partial charge < -0.3 is 25.0 Å².